The molecular weight excluding hydrogens is 464 g/mol. The molecule has 36 heavy (non-hydrogen) atoms. The third kappa shape index (κ3) is 8.12. The summed E-state index contributed by atoms with van der Waals surface area (Å²) in [6.45, 7) is 5.00. The maximum atomic E-state index is 13.1. The number of carboxylic acid groups (broad SMARTS) is 1. The molecule has 0 amide bonds. The van der Waals surface area contributed by atoms with Crippen molar-refractivity contribution in [2.45, 2.75) is 84.7 Å². The zero-order valence-electron chi connectivity index (χ0n) is 21.3. The molecule has 2 aromatic rings. The Kier molecular flexibility index (Phi) is 11.5. The molecule has 1 atom stereocenters. The van der Waals surface area contributed by atoms with Crippen LogP contribution in [0.4, 0.5) is 5.69 Å². The molecule has 0 spiro atoms. The minimum atomic E-state index is -1.31. The molecule has 2 rings (SSSR count). The number of ether oxygens (including phenoxy) is 1. The molecule has 0 fully saturated rings. The number of aryl methyl sites for hydroxylation is 2. The molecular formula is C27H36N2O7. The minimum Gasteiger partial charge on any atom is -0.478 e. The van der Waals surface area contributed by atoms with Crippen LogP contribution in [0, 0.1) is 24.0 Å². The summed E-state index contributed by atoms with van der Waals surface area (Å²) in [5.41, 5.74) is 0.0659. The van der Waals surface area contributed by atoms with E-state index >= 15 is 0 Å². The number of aromatic carboxylic acids is 1. The lowest BCUT2D eigenvalue weighted by molar-refractivity contribution is -0.384. The smallest absolute Gasteiger partial charge is 0.340 e. The Morgan fingerprint density at radius 1 is 1.03 bits per heavy atom. The minimum absolute atomic E-state index is 0.0127. The van der Waals surface area contributed by atoms with Crippen molar-refractivity contribution in [3.8, 4) is 11.1 Å². The van der Waals surface area contributed by atoms with Gasteiger partial charge < -0.3 is 14.9 Å². The molecule has 2 N–H and O–H groups in total. The third-order valence-electron chi connectivity index (χ3n) is 6.12. The molecule has 1 unspecified atom stereocenters. The number of carboxylic acids is 1. The number of pyridine rings is 1. The van der Waals surface area contributed by atoms with Crippen LogP contribution >= 0.6 is 0 Å². The number of nitro groups is 1. The first kappa shape index (κ1) is 28.9. The number of carbonyl (C=O) groups excluding carboxylic acids is 1. The number of unbranched alkanes of at least 4 members (excludes halogenated alkanes) is 7. The van der Waals surface area contributed by atoms with Crippen LogP contribution in [0.3, 0.4) is 0 Å². The van der Waals surface area contributed by atoms with Gasteiger partial charge in [0.15, 0.2) is 0 Å². The summed E-state index contributed by atoms with van der Waals surface area (Å²) < 4.78 is 5.35. The number of hydrogen-bond acceptors (Lipinski definition) is 7. The zero-order valence-corrected chi connectivity index (χ0v) is 21.3. The first-order valence-electron chi connectivity index (χ1n) is 12.5. The van der Waals surface area contributed by atoms with Crippen LogP contribution in [0.2, 0.25) is 0 Å². The summed E-state index contributed by atoms with van der Waals surface area (Å²) >= 11 is 0. The van der Waals surface area contributed by atoms with E-state index in [1.807, 2.05) is 0 Å². The lowest BCUT2D eigenvalue weighted by Gasteiger charge is -2.17. The van der Waals surface area contributed by atoms with Gasteiger partial charge >= 0.3 is 11.9 Å². The van der Waals surface area contributed by atoms with Crippen molar-refractivity contribution in [3.05, 3.63) is 56.9 Å². The number of nitrogens with zero attached hydrogens (tertiary/aromatic N) is 2. The quantitative estimate of drug-likeness (QED) is 0.131. The lowest BCUT2D eigenvalue weighted by Crippen LogP contribution is -2.21. The normalized spacial score (nSPS) is 11.8. The number of aliphatic hydroxyl groups excluding tert-OH is 1. The third-order valence-corrected chi connectivity index (χ3v) is 6.12. The molecule has 9 nitrogen and oxygen atoms in total. The van der Waals surface area contributed by atoms with Crippen LogP contribution in [0.1, 0.15) is 96.8 Å². The highest BCUT2D eigenvalue weighted by Gasteiger charge is 2.28. The lowest BCUT2D eigenvalue weighted by atomic mass is 9.92. The van der Waals surface area contributed by atoms with Crippen molar-refractivity contribution < 1.29 is 29.5 Å². The molecule has 0 bridgehead atoms. The standard InChI is InChI=1S/C27H36N2O7/c1-4-5-6-7-8-9-10-11-15-22(30)17-36-27(33)24-19(3)28-18(2)23(26(31)32)25(24)20-13-12-14-21(16-20)29(34)35/h12-14,16,22,30H,4-11,15,17H2,1-3H3,(H,31,32). The van der Waals surface area contributed by atoms with E-state index in [1.165, 1.54) is 63.3 Å². The van der Waals surface area contributed by atoms with Crippen molar-refractivity contribution in [3.63, 3.8) is 0 Å². The summed E-state index contributed by atoms with van der Waals surface area (Å²) in [5.74, 6) is -2.15. The number of rotatable bonds is 15. The molecule has 196 valence electrons. The van der Waals surface area contributed by atoms with E-state index in [4.69, 9.17) is 4.74 Å². The summed E-state index contributed by atoms with van der Waals surface area (Å²) in [6, 6.07) is 5.42. The maximum absolute atomic E-state index is 13.1. The molecule has 1 aromatic heterocycles. The average Bonchev–Trinajstić information content (AvgIpc) is 2.83. The van der Waals surface area contributed by atoms with Gasteiger partial charge in [-0.1, -0.05) is 70.4 Å². The summed E-state index contributed by atoms with van der Waals surface area (Å²) in [4.78, 5) is 40.0. The van der Waals surface area contributed by atoms with Gasteiger partial charge in [0.2, 0.25) is 0 Å². The Labute approximate surface area is 211 Å². The second-order valence-corrected chi connectivity index (χ2v) is 9.04. The maximum Gasteiger partial charge on any atom is 0.340 e. The molecule has 0 aliphatic carbocycles. The predicted octanol–water partition coefficient (Wildman–Crippen LogP) is 6.02. The number of benzene rings is 1. The number of aliphatic hydroxyl groups is 1. The van der Waals surface area contributed by atoms with Crippen LogP contribution in [-0.4, -0.2) is 44.8 Å². The van der Waals surface area contributed by atoms with Gasteiger partial charge in [-0.05, 0) is 25.8 Å². The number of non-ortho nitro benzene ring substituents is 1. The van der Waals surface area contributed by atoms with E-state index in [-0.39, 0.29) is 45.9 Å². The van der Waals surface area contributed by atoms with Crippen LogP contribution in [0.15, 0.2) is 24.3 Å². The largest absolute Gasteiger partial charge is 0.478 e. The van der Waals surface area contributed by atoms with Gasteiger partial charge in [0, 0.05) is 17.7 Å². The molecule has 0 aliphatic heterocycles. The van der Waals surface area contributed by atoms with Gasteiger partial charge in [0.05, 0.1) is 33.5 Å². The SMILES string of the molecule is CCCCCCCCCCC(O)COC(=O)c1c(C)nc(C)c(C(=O)O)c1-c1cccc([N+](=O)[O-])c1. The van der Waals surface area contributed by atoms with Crippen molar-refractivity contribution in [2.24, 2.45) is 0 Å². The molecule has 1 heterocycles. The number of carbonyl (C=O) groups is 2. The van der Waals surface area contributed by atoms with Crippen molar-refractivity contribution in [1.82, 2.24) is 4.98 Å². The fourth-order valence-corrected chi connectivity index (χ4v) is 4.27. The first-order chi connectivity index (χ1) is 17.2. The van der Waals surface area contributed by atoms with Crippen molar-refractivity contribution in [1.29, 1.82) is 0 Å². The van der Waals surface area contributed by atoms with E-state index in [1.54, 1.807) is 6.92 Å². The molecule has 0 saturated carbocycles. The first-order valence-corrected chi connectivity index (χ1v) is 12.5. The second-order valence-electron chi connectivity index (χ2n) is 9.04. The van der Waals surface area contributed by atoms with Crippen molar-refractivity contribution in [2.75, 3.05) is 6.61 Å². The van der Waals surface area contributed by atoms with Crippen LogP contribution < -0.4 is 0 Å². The van der Waals surface area contributed by atoms with Crippen LogP contribution in [0.25, 0.3) is 11.1 Å². The fraction of sp³-hybridized carbons (Fsp3) is 0.519. The molecule has 1 aromatic carbocycles. The monoisotopic (exact) mass is 500 g/mol. The van der Waals surface area contributed by atoms with E-state index in [0.717, 1.165) is 19.3 Å². The van der Waals surface area contributed by atoms with Gasteiger partial charge in [-0.25, -0.2) is 9.59 Å². The zero-order chi connectivity index (χ0) is 26.7. The van der Waals surface area contributed by atoms with Crippen molar-refractivity contribution >= 4 is 17.6 Å². The Bertz CT molecular complexity index is 1070. The van der Waals surface area contributed by atoms with E-state index < -0.39 is 23.0 Å². The van der Waals surface area contributed by atoms with E-state index in [9.17, 15) is 29.9 Å². The fourth-order valence-electron chi connectivity index (χ4n) is 4.27. The number of nitro benzene ring substituents is 1. The summed E-state index contributed by atoms with van der Waals surface area (Å²) in [5, 5.41) is 31.4. The average molecular weight is 501 g/mol. The number of aromatic nitrogens is 1. The topological polar surface area (TPSA) is 140 Å². The molecule has 0 saturated heterocycles. The highest BCUT2D eigenvalue weighted by atomic mass is 16.6. The molecule has 0 aliphatic rings. The van der Waals surface area contributed by atoms with Gasteiger partial charge in [-0.2, -0.15) is 0 Å². The predicted molar refractivity (Wildman–Crippen MR) is 136 cm³/mol. The Hall–Kier alpha value is -3.33. The van der Waals surface area contributed by atoms with Gasteiger partial charge in [-0.15, -0.1) is 0 Å². The Morgan fingerprint density at radius 2 is 1.64 bits per heavy atom. The highest BCUT2D eigenvalue weighted by molar-refractivity contribution is 6.06. The number of hydrogen-bond donors (Lipinski definition) is 2. The summed E-state index contributed by atoms with van der Waals surface area (Å²) in [6.07, 6.45) is 8.71. The highest BCUT2D eigenvalue weighted by Crippen LogP contribution is 2.33. The molecule has 0 radical (unpaired) electrons. The van der Waals surface area contributed by atoms with Crippen LogP contribution in [-0.2, 0) is 4.74 Å². The second kappa shape index (κ2) is 14.3. The van der Waals surface area contributed by atoms with E-state index in [2.05, 4.69) is 11.9 Å². The Morgan fingerprint density at radius 3 is 2.25 bits per heavy atom. The summed E-state index contributed by atoms with van der Waals surface area (Å²) in [7, 11) is 0. The van der Waals surface area contributed by atoms with Gasteiger partial charge in [0.25, 0.3) is 5.69 Å². The number of esters is 1. The molecule has 9 heteroatoms. The van der Waals surface area contributed by atoms with E-state index in [0.29, 0.717) is 6.42 Å². The Balaban J connectivity index is 2.15. The van der Waals surface area contributed by atoms with Gasteiger partial charge in [0.1, 0.15) is 6.61 Å². The van der Waals surface area contributed by atoms with Gasteiger partial charge in [-0.3, -0.25) is 15.1 Å². The van der Waals surface area contributed by atoms with Crippen LogP contribution in [0.5, 0.6) is 0 Å².